The van der Waals surface area contributed by atoms with Crippen LogP contribution in [0.3, 0.4) is 0 Å². The first-order chi connectivity index (χ1) is 16.8. The van der Waals surface area contributed by atoms with Gasteiger partial charge < -0.3 is 21.5 Å². The maximum absolute atomic E-state index is 13.3. The van der Waals surface area contributed by atoms with Gasteiger partial charge in [-0.3, -0.25) is 20.5 Å². The van der Waals surface area contributed by atoms with Crippen LogP contribution in [0.1, 0.15) is 28.7 Å². The molecule has 2 atom stereocenters. The largest absolute Gasteiger partial charge is 0.489 e. The van der Waals surface area contributed by atoms with Crippen LogP contribution in [0.25, 0.3) is 0 Å². The van der Waals surface area contributed by atoms with Gasteiger partial charge in [0.15, 0.2) is 0 Å². The van der Waals surface area contributed by atoms with Crippen molar-refractivity contribution in [2.75, 3.05) is 11.9 Å². The van der Waals surface area contributed by atoms with Crippen LogP contribution in [0.2, 0.25) is 0 Å². The highest BCUT2D eigenvalue weighted by molar-refractivity contribution is 5.97. The predicted molar refractivity (Wildman–Crippen MR) is 138 cm³/mol. The first-order valence-electron chi connectivity index (χ1n) is 11.4. The molecular weight excluding hydrogens is 440 g/mol. The summed E-state index contributed by atoms with van der Waals surface area (Å²) in [5.41, 5.74) is 15.3. The van der Waals surface area contributed by atoms with Gasteiger partial charge in [-0.2, -0.15) is 0 Å². The van der Waals surface area contributed by atoms with E-state index in [0.717, 1.165) is 5.56 Å². The number of anilines is 1. The number of amidine groups is 2. The standard InChI is InChI=1S/C27H30N6O2/c1-17-5-7-18(8-6-17)15-33-16-23(35-22-4-2-3-20(13-22)26(30)31)14-24(33)27(34)32-21-11-9-19(10-12-21)25(28)29/h2-13,23-24H,14-16H2,1H3,(H3,28,29)(H3,30,31)(H,32,34)/t23-,24+/m1/s1. The highest BCUT2D eigenvalue weighted by Gasteiger charge is 2.38. The molecule has 8 heteroatoms. The summed E-state index contributed by atoms with van der Waals surface area (Å²) in [4.78, 5) is 15.4. The molecule has 1 aliphatic rings. The Labute approximate surface area is 204 Å². The lowest BCUT2D eigenvalue weighted by molar-refractivity contribution is -0.120. The topological polar surface area (TPSA) is 141 Å². The van der Waals surface area contributed by atoms with E-state index in [2.05, 4.69) is 34.5 Å². The molecule has 4 rings (SSSR count). The van der Waals surface area contributed by atoms with Crippen molar-refractivity contribution in [1.29, 1.82) is 10.8 Å². The van der Waals surface area contributed by atoms with E-state index in [1.54, 1.807) is 42.5 Å². The molecule has 1 amide bonds. The van der Waals surface area contributed by atoms with Gasteiger partial charge in [0.1, 0.15) is 23.5 Å². The third-order valence-corrected chi connectivity index (χ3v) is 6.09. The first kappa shape index (κ1) is 24.0. The SMILES string of the molecule is Cc1ccc(CN2C[C@H](Oc3cccc(C(=N)N)c3)C[C@H]2C(=O)Nc2ccc(C(=N)N)cc2)cc1. The van der Waals surface area contributed by atoms with E-state index in [-0.39, 0.29) is 29.7 Å². The highest BCUT2D eigenvalue weighted by Crippen LogP contribution is 2.27. The summed E-state index contributed by atoms with van der Waals surface area (Å²) in [5.74, 6) is 0.475. The van der Waals surface area contributed by atoms with E-state index >= 15 is 0 Å². The van der Waals surface area contributed by atoms with Gasteiger partial charge in [-0.1, -0.05) is 42.0 Å². The number of carbonyl (C=O) groups is 1. The second-order valence-corrected chi connectivity index (χ2v) is 8.83. The maximum Gasteiger partial charge on any atom is 0.241 e. The molecule has 1 saturated heterocycles. The molecule has 1 heterocycles. The van der Waals surface area contributed by atoms with Crippen LogP contribution in [-0.4, -0.2) is 41.2 Å². The maximum atomic E-state index is 13.3. The monoisotopic (exact) mass is 470 g/mol. The van der Waals surface area contributed by atoms with E-state index in [9.17, 15) is 4.79 Å². The van der Waals surface area contributed by atoms with E-state index in [1.165, 1.54) is 5.56 Å². The molecule has 0 radical (unpaired) electrons. The zero-order valence-corrected chi connectivity index (χ0v) is 19.6. The van der Waals surface area contributed by atoms with Crippen LogP contribution in [0.4, 0.5) is 5.69 Å². The zero-order valence-electron chi connectivity index (χ0n) is 19.6. The van der Waals surface area contributed by atoms with Gasteiger partial charge in [-0.25, -0.2) is 0 Å². The summed E-state index contributed by atoms with van der Waals surface area (Å²) in [6.45, 7) is 3.25. The Kier molecular flexibility index (Phi) is 7.12. The van der Waals surface area contributed by atoms with Gasteiger partial charge >= 0.3 is 0 Å². The van der Waals surface area contributed by atoms with E-state index < -0.39 is 0 Å². The summed E-state index contributed by atoms with van der Waals surface area (Å²) in [6.07, 6.45) is 0.326. The molecule has 0 aliphatic carbocycles. The Morgan fingerprint density at radius 1 is 1.00 bits per heavy atom. The minimum absolute atomic E-state index is 0.0169. The molecule has 1 fully saturated rings. The van der Waals surface area contributed by atoms with Crippen LogP contribution < -0.4 is 21.5 Å². The number of aryl methyl sites for hydroxylation is 1. The van der Waals surface area contributed by atoms with E-state index in [0.29, 0.717) is 42.1 Å². The van der Waals surface area contributed by atoms with Gasteiger partial charge in [0.05, 0.1) is 6.04 Å². The molecule has 7 N–H and O–H groups in total. The third-order valence-electron chi connectivity index (χ3n) is 6.09. The van der Waals surface area contributed by atoms with Crippen molar-refractivity contribution >= 4 is 23.3 Å². The second-order valence-electron chi connectivity index (χ2n) is 8.83. The first-order valence-corrected chi connectivity index (χ1v) is 11.4. The lowest BCUT2D eigenvalue weighted by Gasteiger charge is -2.23. The van der Waals surface area contributed by atoms with Gasteiger partial charge in [-0.15, -0.1) is 0 Å². The number of nitrogens with two attached hydrogens (primary N) is 2. The van der Waals surface area contributed by atoms with Crippen molar-refractivity contribution in [3.05, 3.63) is 95.1 Å². The average molecular weight is 471 g/mol. The van der Waals surface area contributed by atoms with Crippen LogP contribution in [-0.2, 0) is 11.3 Å². The summed E-state index contributed by atoms with van der Waals surface area (Å²) < 4.78 is 6.21. The Bertz CT molecular complexity index is 1220. The van der Waals surface area contributed by atoms with Crippen LogP contribution in [0.5, 0.6) is 5.75 Å². The minimum atomic E-state index is -0.384. The number of benzene rings is 3. The minimum Gasteiger partial charge on any atom is -0.489 e. The van der Waals surface area contributed by atoms with Crippen molar-refractivity contribution in [3.63, 3.8) is 0 Å². The predicted octanol–water partition coefficient (Wildman–Crippen LogP) is 3.22. The molecule has 1 aliphatic heterocycles. The average Bonchev–Trinajstić information content (AvgIpc) is 3.23. The van der Waals surface area contributed by atoms with Gasteiger partial charge in [-0.05, 0) is 48.9 Å². The molecule has 0 saturated carbocycles. The third kappa shape index (κ3) is 6.04. The number of nitrogen functional groups attached to an aromatic ring is 2. The molecule has 0 aromatic heterocycles. The summed E-state index contributed by atoms with van der Waals surface area (Å²) in [7, 11) is 0. The number of amides is 1. The van der Waals surface area contributed by atoms with E-state index in [4.69, 9.17) is 27.0 Å². The Morgan fingerprint density at radius 3 is 2.34 bits per heavy atom. The molecule has 0 spiro atoms. The lowest BCUT2D eigenvalue weighted by Crippen LogP contribution is -2.39. The molecule has 3 aromatic rings. The fourth-order valence-electron chi connectivity index (χ4n) is 4.21. The number of nitrogens with zero attached hydrogens (tertiary/aromatic N) is 1. The molecule has 0 unspecified atom stereocenters. The molecule has 180 valence electrons. The lowest BCUT2D eigenvalue weighted by atomic mass is 10.1. The molecule has 0 bridgehead atoms. The molecule has 3 aromatic carbocycles. The number of hydrogen-bond donors (Lipinski definition) is 5. The number of rotatable bonds is 8. The van der Waals surface area contributed by atoms with Crippen LogP contribution in [0.15, 0.2) is 72.8 Å². The fourth-order valence-corrected chi connectivity index (χ4v) is 4.21. The second kappa shape index (κ2) is 10.4. The quantitative estimate of drug-likeness (QED) is 0.254. The van der Waals surface area contributed by atoms with Crippen molar-refractivity contribution in [2.24, 2.45) is 11.5 Å². The normalized spacial score (nSPS) is 17.6. The number of ether oxygens (including phenoxy) is 1. The Hall–Kier alpha value is -4.17. The molecule has 35 heavy (non-hydrogen) atoms. The fraction of sp³-hybridized carbons (Fsp3) is 0.222. The number of hydrogen-bond acceptors (Lipinski definition) is 5. The number of likely N-dealkylation sites (tertiary alicyclic amines) is 1. The molecular formula is C27H30N6O2. The van der Waals surface area contributed by atoms with Crippen molar-refractivity contribution < 1.29 is 9.53 Å². The van der Waals surface area contributed by atoms with E-state index in [1.807, 2.05) is 13.0 Å². The van der Waals surface area contributed by atoms with Crippen LogP contribution in [0, 0.1) is 17.7 Å². The Morgan fingerprint density at radius 2 is 1.69 bits per heavy atom. The molecule has 8 nitrogen and oxygen atoms in total. The Balaban J connectivity index is 1.51. The van der Waals surface area contributed by atoms with Gasteiger partial charge in [0, 0.05) is 36.3 Å². The van der Waals surface area contributed by atoms with Crippen LogP contribution >= 0.6 is 0 Å². The van der Waals surface area contributed by atoms with Crippen molar-refractivity contribution in [2.45, 2.75) is 32.0 Å². The van der Waals surface area contributed by atoms with Gasteiger partial charge in [0.25, 0.3) is 0 Å². The summed E-state index contributed by atoms with van der Waals surface area (Å²) >= 11 is 0. The number of nitrogens with one attached hydrogen (secondary N) is 3. The zero-order chi connectivity index (χ0) is 24.9. The summed E-state index contributed by atoms with van der Waals surface area (Å²) in [5, 5.41) is 18.2. The highest BCUT2D eigenvalue weighted by atomic mass is 16.5. The van der Waals surface area contributed by atoms with Crippen molar-refractivity contribution in [1.82, 2.24) is 4.90 Å². The smallest absolute Gasteiger partial charge is 0.241 e. The van der Waals surface area contributed by atoms with Gasteiger partial charge in [0.2, 0.25) is 5.91 Å². The number of carbonyl (C=O) groups excluding carboxylic acids is 1. The summed E-state index contributed by atoms with van der Waals surface area (Å²) in [6, 6.07) is 22.0. The van der Waals surface area contributed by atoms with Crippen molar-refractivity contribution in [3.8, 4) is 5.75 Å².